The van der Waals surface area contributed by atoms with Crippen molar-refractivity contribution in [1.29, 1.82) is 0 Å². The summed E-state index contributed by atoms with van der Waals surface area (Å²) >= 11 is 0. The van der Waals surface area contributed by atoms with Crippen LogP contribution in [-0.4, -0.2) is 25.9 Å². The van der Waals surface area contributed by atoms with Gasteiger partial charge in [0.25, 0.3) is 21.6 Å². The molecule has 0 saturated heterocycles. The number of nitro groups is 1. The lowest BCUT2D eigenvalue weighted by molar-refractivity contribution is -0.385. The van der Waals surface area contributed by atoms with Gasteiger partial charge in [0.2, 0.25) is 0 Å². The van der Waals surface area contributed by atoms with Crippen molar-refractivity contribution in [2.24, 2.45) is 0 Å². The maximum atomic E-state index is 14.6. The molecule has 1 heterocycles. The first-order valence-electron chi connectivity index (χ1n) is 15.0. The standard InChI is InChI=1S/C36H32N4O6S/c1-3-46-29-19-17-28(18-20-29)39-35(31-11-7-8-12-34(31)40(42)43)38(24-26-9-5-4-6-10-26)33-22-21-30(23-32(33)36(39)41)47(44,45)37-27-15-13-25(2)14-16-27/h4-23,35,37H,3,24H2,1-2H3/t35-/m1/s1. The minimum Gasteiger partial charge on any atom is -0.494 e. The van der Waals surface area contributed by atoms with Gasteiger partial charge in [0, 0.05) is 24.0 Å². The van der Waals surface area contributed by atoms with E-state index in [2.05, 4.69) is 4.72 Å². The Morgan fingerprint density at radius 1 is 0.872 bits per heavy atom. The van der Waals surface area contributed by atoms with E-state index in [1.165, 1.54) is 23.1 Å². The van der Waals surface area contributed by atoms with E-state index in [0.717, 1.165) is 11.1 Å². The Labute approximate surface area is 273 Å². The van der Waals surface area contributed by atoms with Crippen molar-refractivity contribution in [2.45, 2.75) is 31.5 Å². The van der Waals surface area contributed by atoms with E-state index >= 15 is 0 Å². The van der Waals surface area contributed by atoms with Crippen molar-refractivity contribution in [3.05, 3.63) is 154 Å². The highest BCUT2D eigenvalue weighted by Gasteiger charge is 2.42. The molecule has 0 aromatic heterocycles. The van der Waals surface area contributed by atoms with E-state index in [9.17, 15) is 23.3 Å². The Balaban J connectivity index is 1.55. The zero-order valence-electron chi connectivity index (χ0n) is 25.7. The summed E-state index contributed by atoms with van der Waals surface area (Å²) < 4.78 is 35.4. The number of sulfonamides is 1. The summed E-state index contributed by atoms with van der Waals surface area (Å²) in [6, 6.07) is 34.1. The molecule has 1 amide bonds. The zero-order valence-corrected chi connectivity index (χ0v) is 26.6. The fraction of sp³-hybridized carbons (Fsp3) is 0.139. The van der Waals surface area contributed by atoms with E-state index in [1.54, 1.807) is 72.8 Å². The van der Waals surface area contributed by atoms with Gasteiger partial charge >= 0.3 is 0 Å². The van der Waals surface area contributed by atoms with Gasteiger partial charge in [-0.1, -0.05) is 60.2 Å². The number of para-hydroxylation sites is 1. The monoisotopic (exact) mass is 648 g/mol. The number of fused-ring (bicyclic) bond motifs is 1. The van der Waals surface area contributed by atoms with Crippen molar-refractivity contribution >= 4 is 38.7 Å². The number of aryl methyl sites for hydroxylation is 1. The molecule has 238 valence electrons. The van der Waals surface area contributed by atoms with Gasteiger partial charge in [0.05, 0.1) is 33.2 Å². The van der Waals surface area contributed by atoms with Gasteiger partial charge in [-0.15, -0.1) is 0 Å². The van der Waals surface area contributed by atoms with Crippen LogP contribution in [0.5, 0.6) is 5.75 Å². The summed E-state index contributed by atoms with van der Waals surface area (Å²) in [5, 5.41) is 12.3. The van der Waals surface area contributed by atoms with Crippen molar-refractivity contribution in [1.82, 2.24) is 0 Å². The lowest BCUT2D eigenvalue weighted by atomic mass is 9.98. The van der Waals surface area contributed by atoms with Crippen LogP contribution in [0.4, 0.5) is 22.7 Å². The lowest BCUT2D eigenvalue weighted by Gasteiger charge is -2.45. The summed E-state index contributed by atoms with van der Waals surface area (Å²) in [7, 11) is -4.08. The largest absolute Gasteiger partial charge is 0.494 e. The molecular weight excluding hydrogens is 616 g/mol. The predicted molar refractivity (Wildman–Crippen MR) is 181 cm³/mol. The molecule has 5 aromatic rings. The smallest absolute Gasteiger partial charge is 0.276 e. The average molecular weight is 649 g/mol. The van der Waals surface area contributed by atoms with Crippen molar-refractivity contribution in [2.75, 3.05) is 21.1 Å². The Bertz CT molecular complexity index is 2040. The Kier molecular flexibility index (Phi) is 8.64. The number of nitro benzene ring substituents is 1. The van der Waals surface area contributed by atoms with Gasteiger partial charge in [-0.3, -0.25) is 24.5 Å². The topological polar surface area (TPSA) is 122 Å². The number of carbonyl (C=O) groups is 1. The number of carbonyl (C=O) groups excluding carboxylic acids is 1. The summed E-state index contributed by atoms with van der Waals surface area (Å²) in [5.41, 5.74) is 3.45. The number of nitrogens with zero attached hydrogens (tertiary/aromatic N) is 3. The van der Waals surface area contributed by atoms with Crippen LogP contribution in [0.1, 0.15) is 40.1 Å². The fourth-order valence-electron chi connectivity index (χ4n) is 5.71. The molecule has 1 aliphatic rings. The Morgan fingerprint density at radius 2 is 1.55 bits per heavy atom. The number of ether oxygens (including phenoxy) is 1. The zero-order chi connectivity index (χ0) is 33.1. The SMILES string of the molecule is CCOc1ccc(N2C(=O)c3cc(S(=O)(=O)Nc4ccc(C)cc4)ccc3N(Cc3ccccc3)[C@H]2c2ccccc2[N+](=O)[O-])cc1. The van der Waals surface area contributed by atoms with E-state index < -0.39 is 27.0 Å². The second kappa shape index (κ2) is 13.0. The molecular formula is C36H32N4O6S. The molecule has 0 saturated carbocycles. The van der Waals surface area contributed by atoms with E-state index in [4.69, 9.17) is 4.74 Å². The minimum absolute atomic E-state index is 0.0966. The summed E-state index contributed by atoms with van der Waals surface area (Å²) in [6.45, 7) is 4.48. The van der Waals surface area contributed by atoms with Crippen LogP contribution in [-0.2, 0) is 16.6 Å². The number of hydrogen-bond acceptors (Lipinski definition) is 7. The lowest BCUT2D eigenvalue weighted by Crippen LogP contribution is -2.49. The van der Waals surface area contributed by atoms with Crippen molar-refractivity contribution in [3.8, 4) is 5.75 Å². The van der Waals surface area contributed by atoms with Gasteiger partial charge in [0.15, 0.2) is 0 Å². The van der Waals surface area contributed by atoms with Crippen LogP contribution in [0.15, 0.2) is 126 Å². The maximum absolute atomic E-state index is 14.6. The van der Waals surface area contributed by atoms with E-state index in [1.807, 2.05) is 49.1 Å². The van der Waals surface area contributed by atoms with E-state index in [0.29, 0.717) is 35.0 Å². The summed E-state index contributed by atoms with van der Waals surface area (Å²) in [5.74, 6) is 0.0871. The molecule has 47 heavy (non-hydrogen) atoms. The summed E-state index contributed by atoms with van der Waals surface area (Å²) in [6.07, 6.45) is -0.956. The highest BCUT2D eigenvalue weighted by atomic mass is 32.2. The van der Waals surface area contributed by atoms with Gasteiger partial charge in [0.1, 0.15) is 11.9 Å². The van der Waals surface area contributed by atoms with Crippen LogP contribution < -0.4 is 19.3 Å². The molecule has 11 heteroatoms. The Hall–Kier alpha value is -5.68. The van der Waals surface area contributed by atoms with E-state index in [-0.39, 0.29) is 22.7 Å². The second-order valence-electron chi connectivity index (χ2n) is 11.1. The molecule has 1 atom stereocenters. The number of hydrogen-bond donors (Lipinski definition) is 1. The third kappa shape index (κ3) is 6.38. The third-order valence-electron chi connectivity index (χ3n) is 7.91. The maximum Gasteiger partial charge on any atom is 0.276 e. The first-order chi connectivity index (χ1) is 22.7. The highest BCUT2D eigenvalue weighted by molar-refractivity contribution is 7.92. The van der Waals surface area contributed by atoms with Crippen molar-refractivity contribution < 1.29 is 22.9 Å². The molecule has 10 nitrogen and oxygen atoms in total. The second-order valence-corrected chi connectivity index (χ2v) is 12.7. The normalized spacial score (nSPS) is 14.4. The Morgan fingerprint density at radius 3 is 2.23 bits per heavy atom. The van der Waals surface area contributed by atoms with Crippen LogP contribution in [0.3, 0.4) is 0 Å². The molecule has 1 aliphatic heterocycles. The van der Waals surface area contributed by atoms with Crippen LogP contribution in [0.25, 0.3) is 0 Å². The van der Waals surface area contributed by atoms with Gasteiger partial charge in [-0.05, 0) is 80.1 Å². The van der Waals surface area contributed by atoms with Crippen LogP contribution >= 0.6 is 0 Å². The van der Waals surface area contributed by atoms with Gasteiger partial charge in [-0.2, -0.15) is 0 Å². The molecule has 0 unspecified atom stereocenters. The molecule has 6 rings (SSSR count). The molecule has 0 bridgehead atoms. The number of anilines is 3. The number of nitrogens with one attached hydrogen (secondary N) is 1. The average Bonchev–Trinajstić information content (AvgIpc) is 3.07. The predicted octanol–water partition coefficient (Wildman–Crippen LogP) is 7.47. The highest BCUT2D eigenvalue weighted by Crippen LogP contribution is 2.45. The van der Waals surface area contributed by atoms with Crippen LogP contribution in [0, 0.1) is 17.0 Å². The van der Waals surface area contributed by atoms with Crippen LogP contribution in [0.2, 0.25) is 0 Å². The first-order valence-corrected chi connectivity index (χ1v) is 16.5. The fourth-order valence-corrected chi connectivity index (χ4v) is 6.80. The number of rotatable bonds is 10. The van der Waals surface area contributed by atoms with Crippen molar-refractivity contribution in [3.63, 3.8) is 0 Å². The molecule has 0 fully saturated rings. The first kappa shape index (κ1) is 31.3. The summed E-state index contributed by atoms with van der Waals surface area (Å²) in [4.78, 5) is 29.8. The molecule has 0 radical (unpaired) electrons. The van der Waals surface area contributed by atoms with Gasteiger partial charge in [-0.25, -0.2) is 8.42 Å². The number of benzene rings is 5. The molecule has 0 aliphatic carbocycles. The quantitative estimate of drug-likeness (QED) is 0.123. The molecule has 5 aromatic carbocycles. The molecule has 1 N–H and O–H groups in total. The number of amides is 1. The van der Waals surface area contributed by atoms with Gasteiger partial charge < -0.3 is 9.64 Å². The minimum atomic E-state index is -4.08. The molecule has 0 spiro atoms. The third-order valence-corrected chi connectivity index (χ3v) is 9.29.